The van der Waals surface area contributed by atoms with Crippen LogP contribution in [0.4, 0.5) is 0 Å². The third kappa shape index (κ3) is 1.61. The number of aliphatic hydroxyl groups is 1. The van der Waals surface area contributed by atoms with Crippen LogP contribution < -0.4 is 0 Å². The van der Waals surface area contributed by atoms with Crippen LogP contribution in [0.25, 0.3) is 0 Å². The molecule has 0 amide bonds. The lowest BCUT2D eigenvalue weighted by atomic mass is 9.94. The van der Waals surface area contributed by atoms with Gasteiger partial charge >= 0.3 is 5.97 Å². The number of esters is 1. The van der Waals surface area contributed by atoms with Gasteiger partial charge in [0.1, 0.15) is 0 Å². The minimum atomic E-state index is -0.976. The highest BCUT2D eigenvalue weighted by atomic mass is 16.6. The van der Waals surface area contributed by atoms with Gasteiger partial charge in [-0.3, -0.25) is 4.79 Å². The van der Waals surface area contributed by atoms with Crippen LogP contribution in [0.3, 0.4) is 0 Å². The van der Waals surface area contributed by atoms with Gasteiger partial charge in [-0.25, -0.2) is 0 Å². The van der Waals surface area contributed by atoms with Crippen molar-refractivity contribution < 1.29 is 14.6 Å². The van der Waals surface area contributed by atoms with E-state index in [2.05, 4.69) is 12.2 Å². The zero-order chi connectivity index (χ0) is 9.42. The second kappa shape index (κ2) is 3.14. The molecule has 1 fully saturated rings. The number of aliphatic hydroxyl groups excluding tert-OH is 1. The molecule has 2 rings (SSSR count). The van der Waals surface area contributed by atoms with Gasteiger partial charge in [0.2, 0.25) is 0 Å². The second-order valence-electron chi connectivity index (χ2n) is 3.92. The Morgan fingerprint density at radius 2 is 2.31 bits per heavy atom. The molecule has 0 radical (unpaired) electrons. The van der Waals surface area contributed by atoms with Gasteiger partial charge in [0.05, 0.1) is 5.92 Å². The molecule has 0 aromatic heterocycles. The summed E-state index contributed by atoms with van der Waals surface area (Å²) in [6.07, 6.45) is 5.28. The summed E-state index contributed by atoms with van der Waals surface area (Å²) in [6.45, 7) is 1.46. The molecular weight excluding hydrogens is 168 g/mol. The average molecular weight is 182 g/mol. The quantitative estimate of drug-likeness (QED) is 0.395. The molecule has 2 bridgehead atoms. The van der Waals surface area contributed by atoms with Crippen molar-refractivity contribution in [2.45, 2.75) is 26.1 Å². The molecule has 2 aliphatic carbocycles. The molecule has 4 atom stereocenters. The molecule has 0 spiro atoms. The number of carbonyl (C=O) groups excluding carboxylic acids is 1. The Hall–Kier alpha value is -0.830. The third-order valence-electron chi connectivity index (χ3n) is 2.87. The Morgan fingerprint density at radius 3 is 2.77 bits per heavy atom. The van der Waals surface area contributed by atoms with Crippen LogP contribution in [0.15, 0.2) is 12.2 Å². The highest BCUT2D eigenvalue weighted by Gasteiger charge is 2.40. The summed E-state index contributed by atoms with van der Waals surface area (Å²) in [4.78, 5) is 11.4. The summed E-state index contributed by atoms with van der Waals surface area (Å²) in [6, 6.07) is 0. The predicted octanol–water partition coefficient (Wildman–Crippen LogP) is 1.08. The molecule has 1 N–H and O–H groups in total. The van der Waals surface area contributed by atoms with Gasteiger partial charge in [-0.05, 0) is 31.6 Å². The molecule has 3 heteroatoms. The first-order valence-electron chi connectivity index (χ1n) is 4.73. The summed E-state index contributed by atoms with van der Waals surface area (Å²) >= 11 is 0. The lowest BCUT2D eigenvalue weighted by molar-refractivity contribution is -0.170. The Morgan fingerprint density at radius 1 is 1.54 bits per heavy atom. The maximum atomic E-state index is 11.4. The SMILES string of the molecule is CC(O)OC(=O)C1CC2C=CC1C2. The molecule has 2 aliphatic rings. The van der Waals surface area contributed by atoms with Crippen molar-refractivity contribution in [2.24, 2.45) is 17.8 Å². The van der Waals surface area contributed by atoms with Crippen molar-refractivity contribution in [3.8, 4) is 0 Å². The molecule has 0 aliphatic heterocycles. The Kier molecular flexibility index (Phi) is 2.12. The van der Waals surface area contributed by atoms with E-state index in [4.69, 9.17) is 9.84 Å². The largest absolute Gasteiger partial charge is 0.436 e. The molecule has 0 aromatic carbocycles. The summed E-state index contributed by atoms with van der Waals surface area (Å²) < 4.78 is 4.77. The van der Waals surface area contributed by atoms with Crippen molar-refractivity contribution in [2.75, 3.05) is 0 Å². The van der Waals surface area contributed by atoms with E-state index in [-0.39, 0.29) is 11.9 Å². The molecule has 13 heavy (non-hydrogen) atoms. The maximum absolute atomic E-state index is 11.4. The fraction of sp³-hybridized carbons (Fsp3) is 0.700. The molecule has 72 valence electrons. The molecule has 0 aromatic rings. The minimum absolute atomic E-state index is 0.00963. The number of hydrogen-bond acceptors (Lipinski definition) is 3. The number of allylic oxidation sites excluding steroid dienone is 2. The first-order valence-corrected chi connectivity index (χ1v) is 4.73. The minimum Gasteiger partial charge on any atom is -0.436 e. The van der Waals surface area contributed by atoms with Gasteiger partial charge in [-0.1, -0.05) is 12.2 Å². The number of hydrogen-bond donors (Lipinski definition) is 1. The van der Waals surface area contributed by atoms with Crippen molar-refractivity contribution >= 4 is 5.97 Å². The van der Waals surface area contributed by atoms with Gasteiger partial charge in [-0.15, -0.1) is 0 Å². The Bertz CT molecular complexity index is 245. The van der Waals surface area contributed by atoms with E-state index in [9.17, 15) is 4.79 Å². The van der Waals surface area contributed by atoms with E-state index in [1.54, 1.807) is 0 Å². The summed E-state index contributed by atoms with van der Waals surface area (Å²) in [5.41, 5.74) is 0. The second-order valence-corrected chi connectivity index (χ2v) is 3.92. The van der Waals surface area contributed by atoms with Crippen LogP contribution in [0.1, 0.15) is 19.8 Å². The number of fused-ring (bicyclic) bond motifs is 2. The Balaban J connectivity index is 1.95. The van der Waals surface area contributed by atoms with Crippen LogP contribution in [-0.2, 0) is 9.53 Å². The standard InChI is InChI=1S/C10H14O3/c1-6(11)13-10(12)9-5-7-2-3-8(9)4-7/h2-3,6-9,11H,4-5H2,1H3. The molecular formula is C10H14O3. The van der Waals surface area contributed by atoms with E-state index in [1.807, 2.05) is 0 Å². The monoisotopic (exact) mass is 182 g/mol. The first-order chi connectivity index (χ1) is 6.16. The predicted molar refractivity (Wildman–Crippen MR) is 46.6 cm³/mol. The van der Waals surface area contributed by atoms with Crippen LogP contribution >= 0.6 is 0 Å². The first kappa shape index (κ1) is 8.75. The zero-order valence-electron chi connectivity index (χ0n) is 7.64. The van der Waals surface area contributed by atoms with Gasteiger partial charge in [0.15, 0.2) is 6.29 Å². The van der Waals surface area contributed by atoms with Crippen LogP contribution in [0, 0.1) is 17.8 Å². The summed E-state index contributed by atoms with van der Waals surface area (Å²) in [5, 5.41) is 8.89. The highest BCUT2D eigenvalue weighted by Crippen LogP contribution is 2.43. The van der Waals surface area contributed by atoms with Crippen molar-refractivity contribution in [1.82, 2.24) is 0 Å². The summed E-state index contributed by atoms with van der Waals surface area (Å²) in [5.74, 6) is 0.671. The molecule has 0 heterocycles. The summed E-state index contributed by atoms with van der Waals surface area (Å²) in [7, 11) is 0. The lowest BCUT2D eigenvalue weighted by Crippen LogP contribution is -2.25. The Labute approximate surface area is 77.4 Å². The zero-order valence-corrected chi connectivity index (χ0v) is 7.64. The highest BCUT2D eigenvalue weighted by molar-refractivity contribution is 5.74. The van der Waals surface area contributed by atoms with Gasteiger partial charge in [0.25, 0.3) is 0 Å². The molecule has 1 saturated carbocycles. The van der Waals surface area contributed by atoms with E-state index in [0.29, 0.717) is 11.8 Å². The fourth-order valence-electron chi connectivity index (χ4n) is 2.31. The molecule has 4 unspecified atom stereocenters. The van der Waals surface area contributed by atoms with E-state index in [1.165, 1.54) is 6.92 Å². The molecule has 0 saturated heterocycles. The fourth-order valence-corrected chi connectivity index (χ4v) is 2.31. The van der Waals surface area contributed by atoms with Crippen molar-refractivity contribution in [1.29, 1.82) is 0 Å². The normalized spacial score (nSPS) is 37.8. The number of carbonyl (C=O) groups is 1. The molecule has 3 nitrogen and oxygen atoms in total. The number of ether oxygens (including phenoxy) is 1. The van der Waals surface area contributed by atoms with Crippen LogP contribution in [0.2, 0.25) is 0 Å². The topological polar surface area (TPSA) is 46.5 Å². The third-order valence-corrected chi connectivity index (χ3v) is 2.87. The smallest absolute Gasteiger partial charge is 0.311 e. The van der Waals surface area contributed by atoms with Crippen molar-refractivity contribution in [3.05, 3.63) is 12.2 Å². The average Bonchev–Trinajstić information content (AvgIpc) is 2.62. The van der Waals surface area contributed by atoms with Gasteiger partial charge in [0, 0.05) is 0 Å². The van der Waals surface area contributed by atoms with E-state index >= 15 is 0 Å². The van der Waals surface area contributed by atoms with E-state index in [0.717, 1.165) is 12.8 Å². The number of rotatable bonds is 2. The lowest BCUT2D eigenvalue weighted by Gasteiger charge is -2.17. The van der Waals surface area contributed by atoms with Crippen molar-refractivity contribution in [3.63, 3.8) is 0 Å². The van der Waals surface area contributed by atoms with E-state index < -0.39 is 6.29 Å². The van der Waals surface area contributed by atoms with Crippen LogP contribution in [0.5, 0.6) is 0 Å². The maximum Gasteiger partial charge on any atom is 0.311 e. The van der Waals surface area contributed by atoms with Gasteiger partial charge < -0.3 is 9.84 Å². The van der Waals surface area contributed by atoms with Crippen LogP contribution in [-0.4, -0.2) is 17.4 Å². The van der Waals surface area contributed by atoms with Gasteiger partial charge in [-0.2, -0.15) is 0 Å².